The maximum absolute atomic E-state index is 13.0. The van der Waals surface area contributed by atoms with Crippen LogP contribution in [-0.4, -0.2) is 54.2 Å². The number of carbonyl (C=O) groups excluding carboxylic acids is 1. The number of carboxylic acids is 1. The zero-order chi connectivity index (χ0) is 33.1. The van der Waals surface area contributed by atoms with Crippen molar-refractivity contribution < 1.29 is 28.6 Å². The summed E-state index contributed by atoms with van der Waals surface area (Å²) in [6.45, 7) is 15.0. The fourth-order valence-corrected chi connectivity index (χ4v) is 6.31. The molecule has 0 unspecified atom stereocenters. The smallest absolute Gasteiger partial charge is 0.338 e. The molecule has 0 saturated carbocycles. The SMILES string of the molecule is Cc1ccc(C(=O)OC[C@@H]2O[C@H](n3cc(CCCO[Si](C)(C)C(C)(C)C)c(=O)[nH]c3=O)C[C@H]2c2cc(C)ccc2C(=O)O)cc1. The Morgan fingerprint density at radius 3 is 2.38 bits per heavy atom. The molecule has 2 heterocycles. The predicted octanol–water partition coefficient (Wildman–Crippen LogP) is 5.73. The van der Waals surface area contributed by atoms with Crippen molar-refractivity contribution in [2.75, 3.05) is 13.2 Å². The Bertz CT molecular complexity index is 1650. The van der Waals surface area contributed by atoms with Gasteiger partial charge in [0.15, 0.2) is 8.32 Å². The van der Waals surface area contributed by atoms with Gasteiger partial charge in [-0.2, -0.15) is 0 Å². The molecule has 3 aromatic rings. The molecule has 0 radical (unpaired) electrons. The van der Waals surface area contributed by atoms with Crippen molar-refractivity contribution in [1.29, 1.82) is 0 Å². The van der Waals surface area contributed by atoms with Gasteiger partial charge in [0.05, 0.1) is 11.1 Å². The fourth-order valence-electron chi connectivity index (χ4n) is 5.22. The van der Waals surface area contributed by atoms with Gasteiger partial charge >= 0.3 is 17.6 Å². The lowest BCUT2D eigenvalue weighted by Crippen LogP contribution is -2.41. The Kier molecular flexibility index (Phi) is 10.4. The van der Waals surface area contributed by atoms with E-state index < -0.39 is 49.8 Å². The number of ether oxygens (including phenoxy) is 2. The van der Waals surface area contributed by atoms with Crippen LogP contribution in [0.15, 0.2) is 58.3 Å². The molecule has 1 fully saturated rings. The molecule has 2 N–H and O–H groups in total. The number of aryl methyl sites for hydroxylation is 3. The molecule has 0 bridgehead atoms. The Labute approximate surface area is 264 Å². The van der Waals surface area contributed by atoms with Gasteiger partial charge in [-0.25, -0.2) is 14.4 Å². The summed E-state index contributed by atoms with van der Waals surface area (Å²) >= 11 is 0. The van der Waals surface area contributed by atoms with E-state index in [1.165, 1.54) is 10.8 Å². The largest absolute Gasteiger partial charge is 0.478 e. The average molecular weight is 637 g/mol. The summed E-state index contributed by atoms with van der Waals surface area (Å²) in [5.41, 5.74) is 2.21. The van der Waals surface area contributed by atoms with Gasteiger partial charge in [0, 0.05) is 30.7 Å². The van der Waals surface area contributed by atoms with E-state index in [9.17, 15) is 24.3 Å². The Morgan fingerprint density at radius 1 is 1.07 bits per heavy atom. The van der Waals surface area contributed by atoms with E-state index in [2.05, 4.69) is 38.8 Å². The van der Waals surface area contributed by atoms with E-state index in [-0.39, 0.29) is 23.6 Å². The van der Waals surface area contributed by atoms with Crippen LogP contribution in [0.25, 0.3) is 0 Å². The number of nitrogens with one attached hydrogen (secondary N) is 1. The van der Waals surface area contributed by atoms with Crippen LogP contribution in [-0.2, 0) is 20.3 Å². The second kappa shape index (κ2) is 13.7. The lowest BCUT2D eigenvalue weighted by atomic mass is 9.87. The maximum Gasteiger partial charge on any atom is 0.338 e. The topological polar surface area (TPSA) is 137 Å². The number of carboxylic acid groups (broad SMARTS) is 1. The molecule has 2 aromatic carbocycles. The maximum atomic E-state index is 13.0. The number of hydrogen-bond donors (Lipinski definition) is 2. The van der Waals surface area contributed by atoms with Crippen LogP contribution >= 0.6 is 0 Å². The standard InChI is InChI=1S/C34H44N2O8Si/c1-21-10-13-23(14-11-21)32(40)42-20-28-27(26-17-22(2)12-15-25(26)31(38)39)18-29(44-28)36-19-24(30(37)35-33(36)41)9-8-16-43-45(6,7)34(3,4)5/h10-15,17,19,27-29H,8-9,16,18,20H2,1-7H3,(H,38,39)(H,35,37,41)/t27-,28-,29-/m0/s1. The highest BCUT2D eigenvalue weighted by Gasteiger charge is 2.40. The summed E-state index contributed by atoms with van der Waals surface area (Å²) in [5.74, 6) is -2.13. The van der Waals surface area contributed by atoms with E-state index in [4.69, 9.17) is 13.9 Å². The van der Waals surface area contributed by atoms with E-state index >= 15 is 0 Å². The van der Waals surface area contributed by atoms with Crippen molar-refractivity contribution in [2.24, 2.45) is 0 Å². The lowest BCUT2D eigenvalue weighted by Gasteiger charge is -2.36. The molecule has 0 amide bonds. The van der Waals surface area contributed by atoms with Gasteiger partial charge in [-0.3, -0.25) is 14.3 Å². The Morgan fingerprint density at radius 2 is 1.73 bits per heavy atom. The molecule has 1 aromatic heterocycles. The highest BCUT2D eigenvalue weighted by atomic mass is 28.4. The van der Waals surface area contributed by atoms with Crippen LogP contribution < -0.4 is 11.2 Å². The Hall–Kier alpha value is -3.80. The number of aromatic carboxylic acids is 1. The van der Waals surface area contributed by atoms with E-state index in [1.807, 2.05) is 26.0 Å². The monoisotopic (exact) mass is 636 g/mol. The molecule has 1 aliphatic heterocycles. The van der Waals surface area contributed by atoms with Gasteiger partial charge in [-0.15, -0.1) is 0 Å². The minimum atomic E-state index is -1.94. The number of aromatic amines is 1. The zero-order valence-electron chi connectivity index (χ0n) is 27.1. The minimum Gasteiger partial charge on any atom is -0.478 e. The van der Waals surface area contributed by atoms with Crippen molar-refractivity contribution >= 4 is 20.3 Å². The molecule has 0 spiro atoms. The molecule has 242 valence electrons. The number of H-pyrrole nitrogens is 1. The van der Waals surface area contributed by atoms with Crippen LogP contribution in [0.1, 0.15) is 88.7 Å². The number of rotatable bonds is 11. The molecular weight excluding hydrogens is 592 g/mol. The number of aromatic nitrogens is 2. The first-order valence-corrected chi connectivity index (χ1v) is 18.2. The molecule has 45 heavy (non-hydrogen) atoms. The quantitative estimate of drug-likeness (QED) is 0.155. The third-order valence-electron chi connectivity index (χ3n) is 8.95. The second-order valence-electron chi connectivity index (χ2n) is 13.4. The number of benzene rings is 2. The first kappa shape index (κ1) is 34.1. The third-order valence-corrected chi connectivity index (χ3v) is 13.5. The summed E-state index contributed by atoms with van der Waals surface area (Å²) in [4.78, 5) is 53.2. The molecule has 0 aliphatic carbocycles. The van der Waals surface area contributed by atoms with Crippen molar-refractivity contribution in [3.05, 3.63) is 103 Å². The molecule has 3 atom stereocenters. The number of nitrogens with zero attached hydrogens (tertiary/aromatic N) is 1. The van der Waals surface area contributed by atoms with E-state index in [0.717, 1.165) is 11.1 Å². The Balaban J connectivity index is 1.59. The summed E-state index contributed by atoms with van der Waals surface area (Å²) in [6.07, 6.45) is 1.18. The summed E-state index contributed by atoms with van der Waals surface area (Å²) in [6, 6.07) is 12.0. The van der Waals surface area contributed by atoms with E-state index in [0.29, 0.717) is 36.1 Å². The minimum absolute atomic E-state index is 0.0663. The van der Waals surface area contributed by atoms with Gasteiger partial charge in [0.1, 0.15) is 18.9 Å². The van der Waals surface area contributed by atoms with Crippen LogP contribution in [0, 0.1) is 13.8 Å². The predicted molar refractivity (Wildman–Crippen MR) is 174 cm³/mol. The van der Waals surface area contributed by atoms with Crippen molar-refractivity contribution in [1.82, 2.24) is 9.55 Å². The lowest BCUT2D eigenvalue weighted by molar-refractivity contribution is -0.0368. The van der Waals surface area contributed by atoms with Gasteiger partial charge in [0.2, 0.25) is 0 Å². The first-order valence-electron chi connectivity index (χ1n) is 15.3. The van der Waals surface area contributed by atoms with Crippen molar-refractivity contribution in [3.8, 4) is 0 Å². The van der Waals surface area contributed by atoms with Crippen LogP contribution in [0.5, 0.6) is 0 Å². The van der Waals surface area contributed by atoms with Gasteiger partial charge in [0.25, 0.3) is 5.56 Å². The number of carbonyl (C=O) groups is 2. The summed E-state index contributed by atoms with van der Waals surface area (Å²) in [7, 11) is -1.94. The molecule has 10 nitrogen and oxygen atoms in total. The number of hydrogen-bond acceptors (Lipinski definition) is 7. The zero-order valence-corrected chi connectivity index (χ0v) is 28.1. The molecule has 1 aliphatic rings. The molecule has 11 heteroatoms. The first-order chi connectivity index (χ1) is 21.1. The van der Waals surface area contributed by atoms with Crippen molar-refractivity contribution in [3.63, 3.8) is 0 Å². The number of esters is 1. The fraction of sp³-hybridized carbons (Fsp3) is 0.471. The molecule has 1 saturated heterocycles. The molecular formula is C34H44N2O8Si. The van der Waals surface area contributed by atoms with Crippen LogP contribution in [0.4, 0.5) is 0 Å². The van der Waals surface area contributed by atoms with Crippen LogP contribution in [0.2, 0.25) is 18.1 Å². The highest BCUT2D eigenvalue weighted by Crippen LogP contribution is 2.42. The van der Waals surface area contributed by atoms with Gasteiger partial charge in [-0.1, -0.05) is 56.2 Å². The summed E-state index contributed by atoms with van der Waals surface area (Å²) < 4.78 is 19.6. The molecule has 4 rings (SSSR count). The van der Waals surface area contributed by atoms with Gasteiger partial charge < -0.3 is 19.0 Å². The normalized spacial score (nSPS) is 18.6. The van der Waals surface area contributed by atoms with Gasteiger partial charge in [-0.05, 0) is 68.6 Å². The third kappa shape index (κ3) is 8.08. The van der Waals surface area contributed by atoms with Crippen LogP contribution in [0.3, 0.4) is 0 Å². The average Bonchev–Trinajstić information content (AvgIpc) is 3.38. The second-order valence-corrected chi connectivity index (χ2v) is 18.2. The summed E-state index contributed by atoms with van der Waals surface area (Å²) in [5, 5.41) is 10.0. The van der Waals surface area contributed by atoms with Crippen molar-refractivity contribution in [2.45, 2.75) is 90.3 Å². The highest BCUT2D eigenvalue weighted by molar-refractivity contribution is 6.74. The van der Waals surface area contributed by atoms with E-state index in [1.54, 1.807) is 30.3 Å².